The van der Waals surface area contributed by atoms with Crippen molar-refractivity contribution in [2.45, 2.75) is 6.54 Å². The molecule has 3 aromatic rings. The molecule has 0 aliphatic rings. The van der Waals surface area contributed by atoms with E-state index in [-0.39, 0.29) is 22.6 Å². The summed E-state index contributed by atoms with van der Waals surface area (Å²) in [7, 11) is 1.26. The summed E-state index contributed by atoms with van der Waals surface area (Å²) in [6, 6.07) is 10.4. The van der Waals surface area contributed by atoms with Crippen molar-refractivity contribution >= 4 is 50.7 Å². The number of non-ortho nitro benzene ring substituents is 1. The van der Waals surface area contributed by atoms with Crippen LogP contribution in [-0.4, -0.2) is 28.5 Å². The van der Waals surface area contributed by atoms with Crippen molar-refractivity contribution in [3.05, 3.63) is 68.0 Å². The van der Waals surface area contributed by atoms with Crippen LogP contribution in [0.3, 0.4) is 0 Å². The SMILES string of the molecule is COC(=O)Cn1c(=NC(=O)c2cccc([N+](=O)[O-])c2)sc2cc(Cl)ccc21. The molecule has 0 aliphatic heterocycles. The van der Waals surface area contributed by atoms with Crippen LogP contribution in [-0.2, 0) is 16.1 Å². The standard InChI is InChI=1S/C17H12ClN3O5S/c1-26-15(22)9-20-13-6-5-11(18)8-14(13)27-17(20)19-16(23)10-3-2-4-12(7-10)21(24)25/h2-8H,9H2,1H3. The number of methoxy groups -OCH3 is 1. The molecule has 1 amide bonds. The van der Waals surface area contributed by atoms with Crippen molar-refractivity contribution in [2.75, 3.05) is 7.11 Å². The van der Waals surface area contributed by atoms with Crippen LogP contribution in [0.4, 0.5) is 5.69 Å². The van der Waals surface area contributed by atoms with Crippen LogP contribution in [0.1, 0.15) is 10.4 Å². The molecule has 0 N–H and O–H groups in total. The smallest absolute Gasteiger partial charge is 0.325 e. The Kier molecular flexibility index (Phi) is 5.33. The van der Waals surface area contributed by atoms with E-state index in [1.807, 2.05) is 0 Å². The summed E-state index contributed by atoms with van der Waals surface area (Å²) in [5, 5.41) is 11.4. The third-order valence-corrected chi connectivity index (χ3v) is 4.94. The first-order valence-electron chi connectivity index (χ1n) is 7.58. The minimum Gasteiger partial charge on any atom is -0.468 e. The van der Waals surface area contributed by atoms with Gasteiger partial charge in [-0.1, -0.05) is 29.0 Å². The lowest BCUT2D eigenvalue weighted by molar-refractivity contribution is -0.384. The molecule has 0 bridgehead atoms. The lowest BCUT2D eigenvalue weighted by Crippen LogP contribution is -2.22. The van der Waals surface area contributed by atoms with E-state index in [9.17, 15) is 19.7 Å². The number of carbonyl (C=O) groups excluding carboxylic acids is 2. The van der Waals surface area contributed by atoms with Crippen LogP contribution in [0.2, 0.25) is 5.02 Å². The first kappa shape index (κ1) is 18.7. The van der Waals surface area contributed by atoms with E-state index in [0.29, 0.717) is 10.5 Å². The number of nitro benzene ring substituents is 1. The molecule has 3 rings (SSSR count). The summed E-state index contributed by atoms with van der Waals surface area (Å²) in [4.78, 5) is 38.9. The van der Waals surface area contributed by atoms with Crippen LogP contribution in [0.5, 0.6) is 0 Å². The van der Waals surface area contributed by atoms with E-state index in [4.69, 9.17) is 16.3 Å². The Bertz CT molecular complexity index is 1140. The molecule has 27 heavy (non-hydrogen) atoms. The Balaban J connectivity index is 2.12. The molecule has 0 spiro atoms. The van der Waals surface area contributed by atoms with E-state index >= 15 is 0 Å². The monoisotopic (exact) mass is 405 g/mol. The fourth-order valence-electron chi connectivity index (χ4n) is 2.38. The molecule has 0 saturated carbocycles. The number of nitro groups is 1. The Morgan fingerprint density at radius 3 is 2.78 bits per heavy atom. The van der Waals surface area contributed by atoms with Gasteiger partial charge in [0.15, 0.2) is 4.80 Å². The van der Waals surface area contributed by atoms with Crippen molar-refractivity contribution in [1.82, 2.24) is 4.57 Å². The number of thiazole rings is 1. The summed E-state index contributed by atoms with van der Waals surface area (Å²) in [5.74, 6) is -1.16. The fraction of sp³-hybridized carbons (Fsp3) is 0.118. The number of rotatable bonds is 4. The van der Waals surface area contributed by atoms with Gasteiger partial charge in [0.1, 0.15) is 6.54 Å². The average Bonchev–Trinajstić information content (AvgIpc) is 2.97. The first-order chi connectivity index (χ1) is 12.9. The Morgan fingerprint density at radius 1 is 1.30 bits per heavy atom. The van der Waals surface area contributed by atoms with Gasteiger partial charge in [-0.15, -0.1) is 0 Å². The number of hydrogen-bond donors (Lipinski definition) is 0. The lowest BCUT2D eigenvalue weighted by Gasteiger charge is -2.03. The first-order valence-corrected chi connectivity index (χ1v) is 8.77. The highest BCUT2D eigenvalue weighted by molar-refractivity contribution is 7.16. The van der Waals surface area contributed by atoms with Crippen molar-refractivity contribution in [2.24, 2.45) is 4.99 Å². The number of hydrogen-bond acceptors (Lipinski definition) is 6. The molecule has 0 saturated heterocycles. The number of ether oxygens (including phenoxy) is 1. The van der Waals surface area contributed by atoms with Crippen LogP contribution in [0.25, 0.3) is 10.2 Å². The summed E-state index contributed by atoms with van der Waals surface area (Å²) >= 11 is 7.18. The molecular formula is C17H12ClN3O5S. The second-order valence-electron chi connectivity index (χ2n) is 5.38. The Hall–Kier alpha value is -3.04. The zero-order valence-electron chi connectivity index (χ0n) is 13.9. The fourth-order valence-corrected chi connectivity index (χ4v) is 3.69. The maximum absolute atomic E-state index is 12.5. The quantitative estimate of drug-likeness (QED) is 0.376. The van der Waals surface area contributed by atoms with E-state index in [0.717, 1.165) is 10.8 Å². The Labute approximate surface area is 161 Å². The number of aromatic nitrogens is 1. The minimum absolute atomic E-state index is 0.0734. The van der Waals surface area contributed by atoms with Gasteiger partial charge in [-0.05, 0) is 24.3 Å². The number of nitrogens with zero attached hydrogens (tertiary/aromatic N) is 3. The van der Waals surface area contributed by atoms with Crippen LogP contribution >= 0.6 is 22.9 Å². The van der Waals surface area contributed by atoms with E-state index < -0.39 is 16.8 Å². The van der Waals surface area contributed by atoms with Gasteiger partial charge in [0.25, 0.3) is 11.6 Å². The zero-order valence-corrected chi connectivity index (χ0v) is 15.5. The molecule has 0 atom stereocenters. The third-order valence-electron chi connectivity index (χ3n) is 3.66. The van der Waals surface area contributed by atoms with Gasteiger partial charge in [0, 0.05) is 22.7 Å². The molecule has 138 valence electrons. The summed E-state index contributed by atoms with van der Waals surface area (Å²) < 4.78 is 6.97. The molecule has 0 fully saturated rings. The second-order valence-corrected chi connectivity index (χ2v) is 6.83. The largest absolute Gasteiger partial charge is 0.468 e. The van der Waals surface area contributed by atoms with Gasteiger partial charge < -0.3 is 9.30 Å². The topological polar surface area (TPSA) is 104 Å². The molecule has 8 nitrogen and oxygen atoms in total. The minimum atomic E-state index is -0.657. The van der Waals surface area contributed by atoms with Gasteiger partial charge in [0.2, 0.25) is 0 Å². The zero-order chi connectivity index (χ0) is 19.6. The average molecular weight is 406 g/mol. The highest BCUT2D eigenvalue weighted by atomic mass is 35.5. The molecule has 0 unspecified atom stereocenters. The normalized spacial score (nSPS) is 11.6. The number of carbonyl (C=O) groups is 2. The van der Waals surface area contributed by atoms with Crippen LogP contribution in [0, 0.1) is 10.1 Å². The molecule has 1 heterocycles. The second kappa shape index (κ2) is 7.68. The maximum Gasteiger partial charge on any atom is 0.325 e. The van der Waals surface area contributed by atoms with Gasteiger partial charge in [-0.25, -0.2) is 0 Å². The van der Waals surface area contributed by atoms with Gasteiger partial charge in [-0.3, -0.25) is 19.7 Å². The predicted molar refractivity (Wildman–Crippen MR) is 99.8 cm³/mol. The highest BCUT2D eigenvalue weighted by Crippen LogP contribution is 2.22. The number of amides is 1. The summed E-state index contributed by atoms with van der Waals surface area (Å²) in [5.41, 5.74) is 0.534. The Morgan fingerprint density at radius 2 is 2.07 bits per heavy atom. The van der Waals surface area contributed by atoms with Crippen molar-refractivity contribution in [3.8, 4) is 0 Å². The van der Waals surface area contributed by atoms with Crippen molar-refractivity contribution in [3.63, 3.8) is 0 Å². The van der Waals surface area contributed by atoms with Crippen LogP contribution in [0.15, 0.2) is 47.5 Å². The number of halogens is 1. The van der Waals surface area contributed by atoms with E-state index in [2.05, 4.69) is 4.99 Å². The molecule has 0 radical (unpaired) electrons. The predicted octanol–water partition coefficient (Wildman–Crippen LogP) is 3.18. The molecule has 1 aromatic heterocycles. The summed E-state index contributed by atoms with van der Waals surface area (Å²) in [6.07, 6.45) is 0. The van der Waals surface area contributed by atoms with Gasteiger partial charge in [-0.2, -0.15) is 4.99 Å². The number of fused-ring (bicyclic) bond motifs is 1. The maximum atomic E-state index is 12.5. The summed E-state index contributed by atoms with van der Waals surface area (Å²) in [6.45, 7) is -0.140. The van der Waals surface area contributed by atoms with Gasteiger partial charge >= 0.3 is 5.97 Å². The molecular weight excluding hydrogens is 394 g/mol. The number of esters is 1. The molecule has 0 aliphatic carbocycles. The highest BCUT2D eigenvalue weighted by Gasteiger charge is 2.14. The van der Waals surface area contributed by atoms with E-state index in [1.165, 1.54) is 41.2 Å². The number of benzene rings is 2. The van der Waals surface area contributed by atoms with Crippen LogP contribution < -0.4 is 4.80 Å². The molecule has 10 heteroatoms. The third kappa shape index (κ3) is 4.04. The van der Waals surface area contributed by atoms with Crippen molar-refractivity contribution < 1.29 is 19.2 Å². The van der Waals surface area contributed by atoms with Crippen molar-refractivity contribution in [1.29, 1.82) is 0 Å². The van der Waals surface area contributed by atoms with E-state index in [1.54, 1.807) is 18.2 Å². The lowest BCUT2D eigenvalue weighted by atomic mass is 10.2. The molecule has 2 aromatic carbocycles. The van der Waals surface area contributed by atoms with Gasteiger partial charge in [0.05, 0.1) is 22.2 Å².